The average Bonchev–Trinajstić information content (AvgIpc) is 3.25. The third-order valence-corrected chi connectivity index (χ3v) is 13.1. The van der Waals surface area contributed by atoms with Gasteiger partial charge in [-0.1, -0.05) is 176 Å². The zero-order valence-corrected chi connectivity index (χ0v) is 34.7. The number of hydrogen-bond donors (Lipinski definition) is 0. The standard InChI is InChI=1S/C27H35N.C26H33N/c1-3-5-7-23-9-13-25(14-10-23)26-15-11-24(12-16-26)17-19-27(21-28)18-6-8-22(4-2)20-27;1-3-6-22-8-12-24(13-9-22)25-14-10-23(11-15-25)16-18-26(20-27)17-5-7-21(4-2)19-26/h9-16,22H,3-8,17-20H2,1-2H3;8-15,21H,3-7,16-19H2,1-2H3. The Balaban J connectivity index is 0.000000211. The molecule has 0 bridgehead atoms. The van der Waals surface area contributed by atoms with Crippen molar-refractivity contribution < 1.29 is 0 Å². The molecule has 2 saturated carbocycles. The molecule has 0 aromatic heterocycles. The van der Waals surface area contributed by atoms with Gasteiger partial charge in [0.2, 0.25) is 0 Å². The number of nitriles is 2. The van der Waals surface area contributed by atoms with E-state index < -0.39 is 0 Å². The van der Waals surface area contributed by atoms with Crippen LogP contribution in [0.4, 0.5) is 0 Å². The molecule has 2 aliphatic carbocycles. The normalized spacial score (nSPS) is 22.1. The van der Waals surface area contributed by atoms with Crippen molar-refractivity contribution in [1.82, 2.24) is 0 Å². The van der Waals surface area contributed by atoms with E-state index in [0.717, 1.165) is 69.6 Å². The molecule has 2 nitrogen and oxygen atoms in total. The van der Waals surface area contributed by atoms with E-state index in [1.807, 2.05) is 0 Å². The lowest BCUT2D eigenvalue weighted by Gasteiger charge is -2.35. The molecule has 0 amide bonds. The predicted molar refractivity (Wildman–Crippen MR) is 234 cm³/mol. The van der Waals surface area contributed by atoms with Crippen LogP contribution in [-0.2, 0) is 25.7 Å². The molecule has 4 aromatic rings. The van der Waals surface area contributed by atoms with Crippen LogP contribution in [0.1, 0.15) is 146 Å². The first-order chi connectivity index (χ1) is 26.9. The molecule has 2 fully saturated rings. The Morgan fingerprint density at radius 1 is 0.473 bits per heavy atom. The summed E-state index contributed by atoms with van der Waals surface area (Å²) in [5.74, 6) is 1.49. The zero-order chi connectivity index (χ0) is 38.9. The lowest BCUT2D eigenvalue weighted by Crippen LogP contribution is -2.27. The first-order valence-electron chi connectivity index (χ1n) is 22.0. The van der Waals surface area contributed by atoms with Crippen LogP contribution >= 0.6 is 0 Å². The summed E-state index contributed by atoms with van der Waals surface area (Å²) < 4.78 is 0. The third kappa shape index (κ3) is 12.2. The Bertz CT molecular complexity index is 1790. The predicted octanol–water partition coefficient (Wildman–Crippen LogP) is 15.1. The van der Waals surface area contributed by atoms with Crippen molar-refractivity contribution in [1.29, 1.82) is 10.5 Å². The van der Waals surface area contributed by atoms with Crippen LogP contribution in [0.5, 0.6) is 0 Å². The maximum Gasteiger partial charge on any atom is 0.0689 e. The zero-order valence-electron chi connectivity index (χ0n) is 34.7. The summed E-state index contributed by atoms with van der Waals surface area (Å²) in [4.78, 5) is 0. The summed E-state index contributed by atoms with van der Waals surface area (Å²) in [6, 6.07) is 41.4. The van der Waals surface area contributed by atoms with Crippen LogP contribution in [0, 0.1) is 45.3 Å². The minimum Gasteiger partial charge on any atom is -0.198 e. The molecule has 55 heavy (non-hydrogen) atoms. The minimum absolute atomic E-state index is 0.0906. The highest BCUT2D eigenvalue weighted by Gasteiger charge is 2.36. The van der Waals surface area contributed by atoms with E-state index in [2.05, 4.69) is 137 Å². The van der Waals surface area contributed by atoms with E-state index in [1.54, 1.807) is 0 Å². The molecular weight excluding hydrogens is 665 g/mol. The SMILES string of the molecule is CCCCc1ccc(-c2ccc(CCC3(C#N)CCCC(CC)C3)cc2)cc1.CCCc1ccc(-c2ccc(CCC3(C#N)CCCC(CC)C3)cc2)cc1. The highest BCUT2D eigenvalue weighted by atomic mass is 14.4. The number of nitrogens with zero attached hydrogens (tertiary/aromatic N) is 2. The second-order valence-electron chi connectivity index (χ2n) is 17.2. The van der Waals surface area contributed by atoms with Crippen molar-refractivity contribution in [2.45, 2.75) is 150 Å². The molecule has 0 spiro atoms. The van der Waals surface area contributed by atoms with Gasteiger partial charge in [-0.25, -0.2) is 0 Å². The molecule has 4 aromatic carbocycles. The summed E-state index contributed by atoms with van der Waals surface area (Å²) in [6.45, 7) is 9.00. The van der Waals surface area contributed by atoms with Gasteiger partial charge >= 0.3 is 0 Å². The fraction of sp³-hybridized carbons (Fsp3) is 0.509. The second-order valence-corrected chi connectivity index (χ2v) is 17.2. The lowest BCUT2D eigenvalue weighted by atomic mass is 9.67. The van der Waals surface area contributed by atoms with Gasteiger partial charge in [0, 0.05) is 0 Å². The topological polar surface area (TPSA) is 47.6 Å². The van der Waals surface area contributed by atoms with E-state index in [4.69, 9.17) is 0 Å². The van der Waals surface area contributed by atoms with Gasteiger partial charge in [-0.3, -0.25) is 0 Å². The molecule has 4 atom stereocenters. The van der Waals surface area contributed by atoms with Gasteiger partial charge in [0.1, 0.15) is 0 Å². The Kier molecular flexibility index (Phi) is 16.2. The minimum atomic E-state index is -0.0914. The monoisotopic (exact) mass is 733 g/mol. The van der Waals surface area contributed by atoms with Crippen molar-refractivity contribution >= 4 is 0 Å². The fourth-order valence-electron chi connectivity index (χ4n) is 9.33. The highest BCUT2D eigenvalue weighted by molar-refractivity contribution is 5.65. The Labute approximate surface area is 335 Å². The van der Waals surface area contributed by atoms with E-state index in [0.29, 0.717) is 0 Å². The van der Waals surface area contributed by atoms with E-state index in [9.17, 15) is 10.5 Å². The van der Waals surface area contributed by atoms with Gasteiger partial charge in [0.25, 0.3) is 0 Å². The summed E-state index contributed by atoms with van der Waals surface area (Å²) in [5.41, 5.74) is 10.5. The quantitative estimate of drug-likeness (QED) is 0.122. The molecule has 2 heteroatoms. The van der Waals surface area contributed by atoms with E-state index in [1.165, 1.54) is 109 Å². The maximum atomic E-state index is 9.85. The molecule has 4 unspecified atom stereocenters. The van der Waals surface area contributed by atoms with Gasteiger partial charge < -0.3 is 0 Å². The number of hydrogen-bond acceptors (Lipinski definition) is 2. The number of unbranched alkanes of at least 4 members (excludes halogenated alkanes) is 1. The summed E-state index contributed by atoms with van der Waals surface area (Å²) in [5, 5.41) is 19.7. The van der Waals surface area contributed by atoms with Gasteiger partial charge in [0.05, 0.1) is 23.0 Å². The first kappa shape index (κ1) is 42.0. The summed E-state index contributed by atoms with van der Waals surface area (Å²) in [6.07, 6.45) is 21.9. The van der Waals surface area contributed by atoms with E-state index >= 15 is 0 Å². The highest BCUT2D eigenvalue weighted by Crippen LogP contribution is 2.44. The summed E-state index contributed by atoms with van der Waals surface area (Å²) >= 11 is 0. The van der Waals surface area contributed by atoms with Crippen LogP contribution in [0.2, 0.25) is 0 Å². The van der Waals surface area contributed by atoms with Crippen molar-refractivity contribution in [2.24, 2.45) is 22.7 Å². The number of rotatable bonds is 15. The van der Waals surface area contributed by atoms with Gasteiger partial charge in [-0.05, 0) is 127 Å². The van der Waals surface area contributed by atoms with Crippen molar-refractivity contribution in [3.8, 4) is 34.4 Å². The van der Waals surface area contributed by atoms with Gasteiger partial charge in [0.15, 0.2) is 0 Å². The third-order valence-electron chi connectivity index (χ3n) is 13.1. The molecular formula is C53H68N2. The molecule has 0 heterocycles. The Morgan fingerprint density at radius 2 is 0.818 bits per heavy atom. The Hall–Kier alpha value is -4.14. The fourth-order valence-corrected chi connectivity index (χ4v) is 9.33. The van der Waals surface area contributed by atoms with Crippen molar-refractivity contribution in [3.63, 3.8) is 0 Å². The summed E-state index contributed by atoms with van der Waals surface area (Å²) in [7, 11) is 0. The molecule has 2 aliphatic rings. The first-order valence-corrected chi connectivity index (χ1v) is 22.0. The maximum absolute atomic E-state index is 9.85. The molecule has 6 rings (SSSR count). The lowest BCUT2D eigenvalue weighted by molar-refractivity contribution is 0.183. The largest absolute Gasteiger partial charge is 0.198 e. The van der Waals surface area contributed by atoms with Gasteiger partial charge in [-0.15, -0.1) is 0 Å². The van der Waals surface area contributed by atoms with Crippen molar-refractivity contribution in [3.05, 3.63) is 119 Å². The molecule has 0 radical (unpaired) electrons. The van der Waals surface area contributed by atoms with Crippen LogP contribution in [0.3, 0.4) is 0 Å². The smallest absolute Gasteiger partial charge is 0.0689 e. The molecule has 0 saturated heterocycles. The Morgan fingerprint density at radius 3 is 1.13 bits per heavy atom. The van der Waals surface area contributed by atoms with Gasteiger partial charge in [-0.2, -0.15) is 10.5 Å². The number of benzene rings is 4. The average molecular weight is 733 g/mol. The van der Waals surface area contributed by atoms with Crippen LogP contribution in [0.25, 0.3) is 22.3 Å². The number of aryl methyl sites for hydroxylation is 4. The molecule has 290 valence electrons. The van der Waals surface area contributed by atoms with Crippen molar-refractivity contribution in [2.75, 3.05) is 0 Å². The van der Waals surface area contributed by atoms with Crippen LogP contribution < -0.4 is 0 Å². The van der Waals surface area contributed by atoms with Crippen LogP contribution in [0.15, 0.2) is 97.1 Å². The molecule has 0 N–H and O–H groups in total. The second kappa shape index (κ2) is 21.2. The van der Waals surface area contributed by atoms with E-state index in [-0.39, 0.29) is 10.8 Å². The molecule has 0 aliphatic heterocycles. The van der Waals surface area contributed by atoms with Crippen LogP contribution in [-0.4, -0.2) is 0 Å².